The van der Waals surface area contributed by atoms with Crippen molar-refractivity contribution in [3.63, 3.8) is 0 Å². The predicted molar refractivity (Wildman–Crippen MR) is 54.0 cm³/mol. The Hall–Kier alpha value is 0.110. The van der Waals surface area contributed by atoms with Crippen LogP contribution in [0.5, 0.6) is 0 Å². The third kappa shape index (κ3) is 3.77. The first-order valence-corrected chi connectivity index (χ1v) is 6.08. The van der Waals surface area contributed by atoms with Crippen LogP contribution in [0.2, 0.25) is 0 Å². The number of nitrogens with one attached hydrogen (secondary N) is 1. The highest BCUT2D eigenvalue weighted by Crippen LogP contribution is 2.50. The molecule has 0 amide bonds. The van der Waals surface area contributed by atoms with Crippen LogP contribution >= 0.6 is 7.60 Å². The van der Waals surface area contributed by atoms with Crippen LogP contribution in [-0.2, 0) is 13.6 Å². The van der Waals surface area contributed by atoms with E-state index < -0.39 is 7.60 Å². The van der Waals surface area contributed by atoms with E-state index in [0.29, 0.717) is 6.04 Å². The van der Waals surface area contributed by atoms with Crippen molar-refractivity contribution in [1.82, 2.24) is 5.32 Å². The molecule has 0 aliphatic carbocycles. The zero-order valence-corrected chi connectivity index (χ0v) is 9.93. The zero-order chi connectivity index (χ0) is 10.5. The van der Waals surface area contributed by atoms with Gasteiger partial charge in [0.2, 0.25) is 0 Å². The Kier molecular flexibility index (Phi) is 5.81. The molecule has 5 heteroatoms. The van der Waals surface area contributed by atoms with Gasteiger partial charge in [0.25, 0.3) is 0 Å². The lowest BCUT2D eigenvalue weighted by molar-refractivity contribution is 0.258. The number of hydrogen-bond acceptors (Lipinski definition) is 4. The minimum atomic E-state index is -2.95. The molecule has 0 bridgehead atoms. The smallest absolute Gasteiger partial charge is 0.311 e. The Morgan fingerprint density at radius 2 is 1.77 bits per heavy atom. The molecule has 0 saturated carbocycles. The Balaban J connectivity index is 4.22. The largest absolute Gasteiger partial charge is 0.346 e. The van der Waals surface area contributed by atoms with Gasteiger partial charge in [0.05, 0.1) is 0 Å². The van der Waals surface area contributed by atoms with Gasteiger partial charge in [-0.15, -0.1) is 0 Å². The minimum absolute atomic E-state index is 0.266. The van der Waals surface area contributed by atoms with Crippen molar-refractivity contribution in [1.29, 1.82) is 0 Å². The molecule has 2 unspecified atom stereocenters. The van der Waals surface area contributed by atoms with E-state index >= 15 is 0 Å². The molecule has 2 atom stereocenters. The molecule has 1 N–H and O–H groups in total. The monoisotopic (exact) mass is 209 g/mol. The fraction of sp³-hybridized carbons (Fsp3) is 1.00. The Bertz CT molecular complexity index is 178. The summed E-state index contributed by atoms with van der Waals surface area (Å²) < 4.78 is 21.5. The van der Waals surface area contributed by atoms with Crippen molar-refractivity contribution in [2.75, 3.05) is 14.2 Å². The molecule has 80 valence electrons. The normalized spacial score (nSPS) is 17.0. The fourth-order valence-corrected chi connectivity index (χ4v) is 2.23. The van der Waals surface area contributed by atoms with Crippen molar-refractivity contribution < 1.29 is 13.6 Å². The molecule has 0 aliphatic rings. The Morgan fingerprint density at radius 1 is 1.31 bits per heavy atom. The van der Waals surface area contributed by atoms with Crippen molar-refractivity contribution >= 4 is 7.60 Å². The second kappa shape index (κ2) is 5.76. The molecular formula is C8H20NO3P. The molecule has 0 fully saturated rings. The standard InChI is InChI=1S/C8H20NO3P/c1-6-7(2)9-8(3)13(10,11-4)12-5/h7-9H,6H2,1-5H3. The van der Waals surface area contributed by atoms with E-state index in [2.05, 4.69) is 12.2 Å². The summed E-state index contributed by atoms with van der Waals surface area (Å²) in [5, 5.41) is 3.16. The van der Waals surface area contributed by atoms with Crippen LogP contribution < -0.4 is 5.32 Å². The van der Waals surface area contributed by atoms with Crippen LogP contribution in [0.1, 0.15) is 27.2 Å². The summed E-state index contributed by atoms with van der Waals surface area (Å²) in [4.78, 5) is 0. The van der Waals surface area contributed by atoms with Crippen LogP contribution in [0.4, 0.5) is 0 Å². The molecule has 0 radical (unpaired) electrons. The lowest BCUT2D eigenvalue weighted by atomic mass is 10.3. The highest BCUT2D eigenvalue weighted by molar-refractivity contribution is 7.54. The molecular weight excluding hydrogens is 189 g/mol. The van der Waals surface area contributed by atoms with Crippen molar-refractivity contribution in [2.45, 2.75) is 39.0 Å². The van der Waals surface area contributed by atoms with E-state index in [9.17, 15) is 4.57 Å². The number of rotatable bonds is 6. The SMILES string of the molecule is CCC(C)NC(C)P(=O)(OC)OC. The third-order valence-corrected chi connectivity index (χ3v) is 4.24. The van der Waals surface area contributed by atoms with Gasteiger partial charge < -0.3 is 14.4 Å². The van der Waals surface area contributed by atoms with Gasteiger partial charge in [-0.25, -0.2) is 0 Å². The highest BCUT2D eigenvalue weighted by Gasteiger charge is 2.30. The summed E-state index contributed by atoms with van der Waals surface area (Å²) in [5.74, 6) is -0.266. The summed E-state index contributed by atoms with van der Waals surface area (Å²) in [6.45, 7) is 5.90. The lowest BCUT2D eigenvalue weighted by Gasteiger charge is -2.24. The van der Waals surface area contributed by atoms with E-state index in [-0.39, 0.29) is 5.78 Å². The molecule has 0 heterocycles. The topological polar surface area (TPSA) is 47.6 Å². The van der Waals surface area contributed by atoms with E-state index in [4.69, 9.17) is 9.05 Å². The Labute approximate surface area is 80.5 Å². The van der Waals surface area contributed by atoms with Crippen LogP contribution in [0, 0.1) is 0 Å². The van der Waals surface area contributed by atoms with Gasteiger partial charge in [0.15, 0.2) is 0 Å². The highest BCUT2D eigenvalue weighted by atomic mass is 31.2. The van der Waals surface area contributed by atoms with Crippen molar-refractivity contribution in [3.8, 4) is 0 Å². The summed E-state index contributed by atoms with van der Waals surface area (Å²) in [6, 6.07) is 0.314. The second-order valence-electron chi connectivity index (χ2n) is 3.06. The maximum absolute atomic E-state index is 11.8. The Morgan fingerprint density at radius 3 is 2.08 bits per heavy atom. The molecule has 0 saturated heterocycles. The van der Waals surface area contributed by atoms with Gasteiger partial charge in [-0.1, -0.05) is 6.92 Å². The number of hydrogen-bond donors (Lipinski definition) is 1. The first-order valence-electron chi connectivity index (χ1n) is 4.47. The van der Waals surface area contributed by atoms with E-state index in [1.165, 1.54) is 14.2 Å². The first kappa shape index (κ1) is 13.1. The summed E-state index contributed by atoms with van der Waals surface area (Å²) in [7, 11) is -0.147. The maximum Gasteiger partial charge on any atom is 0.346 e. The van der Waals surface area contributed by atoms with E-state index in [1.54, 1.807) is 6.92 Å². The second-order valence-corrected chi connectivity index (χ2v) is 5.64. The van der Waals surface area contributed by atoms with Crippen LogP contribution in [0.15, 0.2) is 0 Å². The fourth-order valence-electron chi connectivity index (χ4n) is 1.01. The van der Waals surface area contributed by atoms with Gasteiger partial charge >= 0.3 is 7.60 Å². The van der Waals surface area contributed by atoms with Gasteiger partial charge in [-0.3, -0.25) is 4.57 Å². The van der Waals surface area contributed by atoms with Crippen LogP contribution in [0.3, 0.4) is 0 Å². The maximum atomic E-state index is 11.8. The summed E-state index contributed by atoms with van der Waals surface area (Å²) in [5.41, 5.74) is 0. The van der Waals surface area contributed by atoms with Crippen LogP contribution in [0.25, 0.3) is 0 Å². The third-order valence-electron chi connectivity index (χ3n) is 2.12. The summed E-state index contributed by atoms with van der Waals surface area (Å²) >= 11 is 0. The van der Waals surface area contributed by atoms with Gasteiger partial charge in [0, 0.05) is 20.3 Å². The van der Waals surface area contributed by atoms with Crippen LogP contribution in [-0.4, -0.2) is 26.0 Å². The molecule has 0 aromatic rings. The van der Waals surface area contributed by atoms with E-state index in [1.807, 2.05) is 6.92 Å². The average molecular weight is 209 g/mol. The molecule has 13 heavy (non-hydrogen) atoms. The first-order chi connectivity index (χ1) is 6.00. The lowest BCUT2D eigenvalue weighted by Crippen LogP contribution is -2.34. The molecule has 0 aromatic carbocycles. The van der Waals surface area contributed by atoms with Crippen molar-refractivity contribution in [3.05, 3.63) is 0 Å². The molecule has 4 nitrogen and oxygen atoms in total. The van der Waals surface area contributed by atoms with Gasteiger partial charge in [0.1, 0.15) is 5.78 Å². The van der Waals surface area contributed by atoms with Gasteiger partial charge in [-0.05, 0) is 20.3 Å². The van der Waals surface area contributed by atoms with Crippen molar-refractivity contribution in [2.24, 2.45) is 0 Å². The molecule has 0 rings (SSSR count). The summed E-state index contributed by atoms with van der Waals surface area (Å²) in [6.07, 6.45) is 0.984. The van der Waals surface area contributed by atoms with E-state index in [0.717, 1.165) is 6.42 Å². The quantitative estimate of drug-likeness (QED) is 0.681. The molecule has 0 aromatic heterocycles. The molecule has 0 aliphatic heterocycles. The average Bonchev–Trinajstić information content (AvgIpc) is 2.16. The minimum Gasteiger partial charge on any atom is -0.311 e. The van der Waals surface area contributed by atoms with Gasteiger partial charge in [-0.2, -0.15) is 0 Å². The zero-order valence-electron chi connectivity index (χ0n) is 9.03. The molecule has 0 spiro atoms. The predicted octanol–water partition coefficient (Wildman–Crippen LogP) is 2.21.